The fourth-order valence-electron chi connectivity index (χ4n) is 1.69. The van der Waals surface area contributed by atoms with Crippen molar-refractivity contribution >= 4 is 0 Å². The van der Waals surface area contributed by atoms with Gasteiger partial charge in [0, 0.05) is 0 Å². The molecule has 0 aromatic carbocycles. The molecular formula is C10H19N. The van der Waals surface area contributed by atoms with E-state index in [0.29, 0.717) is 0 Å². The van der Waals surface area contributed by atoms with Crippen LogP contribution in [0.5, 0.6) is 0 Å². The quantitative estimate of drug-likeness (QED) is 0.602. The zero-order valence-electron chi connectivity index (χ0n) is 7.42. The third-order valence-corrected chi connectivity index (χ3v) is 2.83. The van der Waals surface area contributed by atoms with Crippen LogP contribution in [0.3, 0.4) is 0 Å². The molecule has 1 saturated carbocycles. The maximum Gasteiger partial charge on any atom is -0.00489 e. The lowest BCUT2D eigenvalue weighted by molar-refractivity contribution is 0.445. The summed E-state index contributed by atoms with van der Waals surface area (Å²) in [4.78, 5) is 0. The molecule has 0 heterocycles. The molecule has 1 rings (SSSR count). The normalized spacial score (nSPS) is 31.5. The van der Waals surface area contributed by atoms with E-state index >= 15 is 0 Å². The van der Waals surface area contributed by atoms with Gasteiger partial charge in [-0.05, 0) is 37.1 Å². The van der Waals surface area contributed by atoms with Crippen LogP contribution in [0.25, 0.3) is 0 Å². The molecule has 1 unspecified atom stereocenters. The van der Waals surface area contributed by atoms with Crippen LogP contribution in [0, 0.1) is 17.8 Å². The molecule has 3 atom stereocenters. The van der Waals surface area contributed by atoms with Gasteiger partial charge in [0.25, 0.3) is 0 Å². The molecule has 0 amide bonds. The van der Waals surface area contributed by atoms with E-state index in [1.165, 1.54) is 19.3 Å². The van der Waals surface area contributed by atoms with Crippen LogP contribution < -0.4 is 5.73 Å². The summed E-state index contributed by atoms with van der Waals surface area (Å²) in [6, 6.07) is 0. The van der Waals surface area contributed by atoms with Gasteiger partial charge in [-0.3, -0.25) is 0 Å². The Morgan fingerprint density at radius 2 is 2.45 bits per heavy atom. The van der Waals surface area contributed by atoms with Crippen molar-refractivity contribution in [1.82, 2.24) is 0 Å². The Morgan fingerprint density at radius 3 is 2.82 bits per heavy atom. The summed E-state index contributed by atoms with van der Waals surface area (Å²) in [6.07, 6.45) is 6.01. The zero-order valence-corrected chi connectivity index (χ0v) is 7.42. The minimum Gasteiger partial charge on any atom is -0.330 e. The summed E-state index contributed by atoms with van der Waals surface area (Å²) in [5.41, 5.74) is 5.62. The van der Waals surface area contributed by atoms with E-state index in [1.54, 1.807) is 0 Å². The van der Waals surface area contributed by atoms with Gasteiger partial charge in [0.1, 0.15) is 0 Å². The van der Waals surface area contributed by atoms with Crippen molar-refractivity contribution in [1.29, 1.82) is 0 Å². The van der Waals surface area contributed by atoms with Gasteiger partial charge in [-0.25, -0.2) is 0 Å². The molecular weight excluding hydrogens is 134 g/mol. The molecule has 1 aliphatic carbocycles. The van der Waals surface area contributed by atoms with E-state index in [0.717, 1.165) is 24.3 Å². The van der Waals surface area contributed by atoms with Crippen molar-refractivity contribution < 1.29 is 0 Å². The molecule has 1 aliphatic rings. The van der Waals surface area contributed by atoms with Crippen LogP contribution in [-0.4, -0.2) is 6.54 Å². The minimum absolute atomic E-state index is 0.755. The van der Waals surface area contributed by atoms with E-state index in [4.69, 9.17) is 5.73 Å². The first-order valence-corrected chi connectivity index (χ1v) is 4.64. The lowest BCUT2D eigenvalue weighted by atomic mass is 9.99. The molecule has 64 valence electrons. The highest BCUT2D eigenvalue weighted by molar-refractivity contribution is 4.98. The predicted octanol–water partition coefficient (Wildman–Crippen LogP) is 2.18. The SMILES string of the molecule is C=C[C@H]1CC1C[C@H](CC)CN. The number of nitrogens with two attached hydrogens (primary N) is 1. The molecule has 0 aromatic heterocycles. The third kappa shape index (κ3) is 2.33. The smallest absolute Gasteiger partial charge is 0.00489 e. The molecule has 1 nitrogen and oxygen atoms in total. The van der Waals surface area contributed by atoms with E-state index in [2.05, 4.69) is 19.6 Å². The molecule has 11 heavy (non-hydrogen) atoms. The van der Waals surface area contributed by atoms with E-state index < -0.39 is 0 Å². The average Bonchev–Trinajstić information content (AvgIpc) is 2.78. The van der Waals surface area contributed by atoms with Crippen LogP contribution >= 0.6 is 0 Å². The largest absolute Gasteiger partial charge is 0.330 e. The second kappa shape index (κ2) is 3.91. The number of hydrogen-bond donors (Lipinski definition) is 1. The highest BCUT2D eigenvalue weighted by atomic mass is 14.6. The van der Waals surface area contributed by atoms with Crippen LogP contribution in [0.2, 0.25) is 0 Å². The molecule has 1 fully saturated rings. The fraction of sp³-hybridized carbons (Fsp3) is 0.800. The second-order valence-electron chi connectivity index (χ2n) is 3.64. The second-order valence-corrected chi connectivity index (χ2v) is 3.64. The minimum atomic E-state index is 0.755. The first-order valence-electron chi connectivity index (χ1n) is 4.64. The molecule has 2 N–H and O–H groups in total. The van der Waals surface area contributed by atoms with Crippen LogP contribution in [-0.2, 0) is 0 Å². The van der Waals surface area contributed by atoms with E-state index in [9.17, 15) is 0 Å². The molecule has 0 bridgehead atoms. The van der Waals surface area contributed by atoms with Gasteiger partial charge < -0.3 is 5.73 Å². The lowest BCUT2D eigenvalue weighted by Gasteiger charge is -2.10. The summed E-state index contributed by atoms with van der Waals surface area (Å²) in [5.74, 6) is 2.49. The zero-order chi connectivity index (χ0) is 8.27. The Kier molecular flexibility index (Phi) is 3.13. The monoisotopic (exact) mass is 153 g/mol. The molecule has 0 spiro atoms. The summed E-state index contributed by atoms with van der Waals surface area (Å²) in [5, 5.41) is 0. The Hall–Kier alpha value is -0.300. The van der Waals surface area contributed by atoms with Gasteiger partial charge in [-0.1, -0.05) is 19.4 Å². The van der Waals surface area contributed by atoms with Gasteiger partial charge in [-0.15, -0.1) is 6.58 Å². The van der Waals surface area contributed by atoms with Gasteiger partial charge >= 0.3 is 0 Å². The lowest BCUT2D eigenvalue weighted by Crippen LogP contribution is -2.14. The Labute approximate surface area is 69.7 Å². The summed E-state index contributed by atoms with van der Waals surface area (Å²) in [7, 11) is 0. The molecule has 0 radical (unpaired) electrons. The Balaban J connectivity index is 2.15. The first-order chi connectivity index (χ1) is 5.31. The molecule has 1 heteroatoms. The van der Waals surface area contributed by atoms with Crippen molar-refractivity contribution in [2.24, 2.45) is 23.5 Å². The standard InChI is InChI=1S/C10H19N/c1-3-8(7-11)5-10-6-9(10)4-2/h4,8-10H,2-3,5-7,11H2,1H3/t8-,9-,10?/m0/s1. The highest BCUT2D eigenvalue weighted by Crippen LogP contribution is 2.43. The van der Waals surface area contributed by atoms with Crippen molar-refractivity contribution in [3.63, 3.8) is 0 Å². The van der Waals surface area contributed by atoms with Crippen LogP contribution in [0.4, 0.5) is 0 Å². The Morgan fingerprint density at radius 1 is 1.73 bits per heavy atom. The molecule has 0 aliphatic heterocycles. The number of rotatable bonds is 5. The summed E-state index contributed by atoms with van der Waals surface area (Å²) in [6.45, 7) is 6.88. The van der Waals surface area contributed by atoms with Crippen molar-refractivity contribution in [2.45, 2.75) is 26.2 Å². The molecule has 0 saturated heterocycles. The topological polar surface area (TPSA) is 26.0 Å². The molecule has 0 aromatic rings. The third-order valence-electron chi connectivity index (χ3n) is 2.83. The van der Waals surface area contributed by atoms with Crippen molar-refractivity contribution in [3.05, 3.63) is 12.7 Å². The summed E-state index contributed by atoms with van der Waals surface area (Å²) < 4.78 is 0. The maximum atomic E-state index is 5.62. The van der Waals surface area contributed by atoms with Crippen molar-refractivity contribution in [2.75, 3.05) is 6.54 Å². The van der Waals surface area contributed by atoms with Crippen LogP contribution in [0.1, 0.15) is 26.2 Å². The first kappa shape index (κ1) is 8.79. The number of hydrogen-bond acceptors (Lipinski definition) is 1. The van der Waals surface area contributed by atoms with Gasteiger partial charge in [0.05, 0.1) is 0 Å². The predicted molar refractivity (Wildman–Crippen MR) is 49.2 cm³/mol. The fourth-order valence-corrected chi connectivity index (χ4v) is 1.69. The Bertz CT molecular complexity index is 127. The van der Waals surface area contributed by atoms with Crippen molar-refractivity contribution in [3.8, 4) is 0 Å². The summed E-state index contributed by atoms with van der Waals surface area (Å²) >= 11 is 0. The van der Waals surface area contributed by atoms with E-state index in [1.807, 2.05) is 0 Å². The van der Waals surface area contributed by atoms with E-state index in [-0.39, 0.29) is 0 Å². The number of allylic oxidation sites excluding steroid dienone is 1. The van der Waals surface area contributed by atoms with Gasteiger partial charge in [-0.2, -0.15) is 0 Å². The maximum absolute atomic E-state index is 5.62. The van der Waals surface area contributed by atoms with Crippen LogP contribution in [0.15, 0.2) is 12.7 Å². The average molecular weight is 153 g/mol. The van der Waals surface area contributed by atoms with Gasteiger partial charge in [0.2, 0.25) is 0 Å². The highest BCUT2D eigenvalue weighted by Gasteiger charge is 2.34. The van der Waals surface area contributed by atoms with Gasteiger partial charge in [0.15, 0.2) is 0 Å².